The van der Waals surface area contributed by atoms with Crippen LogP contribution in [-0.2, 0) is 0 Å². The number of anilines is 2. The van der Waals surface area contributed by atoms with Crippen molar-refractivity contribution in [1.29, 1.82) is 0 Å². The molecule has 2 rings (SSSR count). The number of carboxylic acids is 1. The van der Waals surface area contributed by atoms with Crippen molar-refractivity contribution in [3.63, 3.8) is 0 Å². The third kappa shape index (κ3) is 2.96. The molecule has 0 amide bonds. The Hall–Kier alpha value is -1.81. The Kier molecular flexibility index (Phi) is 3.90. The highest BCUT2D eigenvalue weighted by Gasteiger charge is 2.14. The van der Waals surface area contributed by atoms with Gasteiger partial charge in [0.05, 0.1) is 11.3 Å². The Morgan fingerprint density at radius 1 is 1.16 bits per heavy atom. The van der Waals surface area contributed by atoms with Gasteiger partial charge in [-0.25, -0.2) is 4.79 Å². The molecule has 0 saturated heterocycles. The van der Waals surface area contributed by atoms with Gasteiger partial charge in [0.2, 0.25) is 0 Å². The van der Waals surface area contributed by atoms with E-state index in [4.69, 9.17) is 0 Å². The molecule has 0 aromatic heterocycles. The molecule has 0 unspecified atom stereocenters. The summed E-state index contributed by atoms with van der Waals surface area (Å²) in [6.45, 7) is 2.02. The first-order valence-corrected chi connectivity index (χ1v) is 6.61. The second kappa shape index (κ2) is 5.45. The highest BCUT2D eigenvalue weighted by molar-refractivity contribution is 9.10. The third-order valence-electron chi connectivity index (χ3n) is 2.97. The van der Waals surface area contributed by atoms with E-state index in [-0.39, 0.29) is 5.56 Å². The minimum atomic E-state index is -0.929. The first kappa shape index (κ1) is 13.6. The normalized spacial score (nSPS) is 10.3. The number of rotatable bonds is 3. The summed E-state index contributed by atoms with van der Waals surface area (Å²) < 4.78 is 0.853. The van der Waals surface area contributed by atoms with Crippen LogP contribution in [0, 0.1) is 6.92 Å². The van der Waals surface area contributed by atoms with E-state index < -0.39 is 5.97 Å². The first-order chi connectivity index (χ1) is 8.99. The molecule has 0 spiro atoms. The van der Waals surface area contributed by atoms with Gasteiger partial charge in [0, 0.05) is 17.2 Å². The molecule has 4 heteroatoms. The molecule has 0 aliphatic carbocycles. The fraction of sp³-hybridized carbons (Fsp3) is 0.133. The first-order valence-electron chi connectivity index (χ1n) is 5.82. The van der Waals surface area contributed by atoms with Crippen molar-refractivity contribution in [3.05, 3.63) is 58.1 Å². The molecular formula is C15H14BrNO2. The lowest BCUT2D eigenvalue weighted by molar-refractivity contribution is 0.0697. The van der Waals surface area contributed by atoms with Crippen LogP contribution in [0.4, 0.5) is 11.4 Å². The SMILES string of the molecule is Cc1ccc(N(C)c2cc(Br)ccc2C(=O)O)cc1. The van der Waals surface area contributed by atoms with Crippen molar-refractivity contribution in [3.8, 4) is 0 Å². The van der Waals surface area contributed by atoms with Crippen molar-refractivity contribution in [2.24, 2.45) is 0 Å². The van der Waals surface area contributed by atoms with Crippen LogP contribution >= 0.6 is 15.9 Å². The van der Waals surface area contributed by atoms with Gasteiger partial charge in [-0.1, -0.05) is 33.6 Å². The average molecular weight is 320 g/mol. The van der Waals surface area contributed by atoms with Gasteiger partial charge in [-0.3, -0.25) is 0 Å². The number of halogens is 1. The highest BCUT2D eigenvalue weighted by Crippen LogP contribution is 2.30. The predicted octanol–water partition coefficient (Wildman–Crippen LogP) is 4.22. The minimum Gasteiger partial charge on any atom is -0.478 e. The van der Waals surface area contributed by atoms with Crippen LogP contribution in [0.15, 0.2) is 46.9 Å². The molecule has 1 N–H and O–H groups in total. The number of nitrogens with zero attached hydrogens (tertiary/aromatic N) is 1. The van der Waals surface area contributed by atoms with E-state index in [9.17, 15) is 9.90 Å². The molecule has 0 heterocycles. The molecule has 0 radical (unpaired) electrons. The fourth-order valence-corrected chi connectivity index (χ4v) is 2.22. The van der Waals surface area contributed by atoms with Gasteiger partial charge in [-0.2, -0.15) is 0 Å². The van der Waals surface area contributed by atoms with Gasteiger partial charge >= 0.3 is 5.97 Å². The van der Waals surface area contributed by atoms with E-state index in [1.807, 2.05) is 49.2 Å². The topological polar surface area (TPSA) is 40.5 Å². The van der Waals surface area contributed by atoms with Crippen LogP contribution in [0.1, 0.15) is 15.9 Å². The minimum absolute atomic E-state index is 0.284. The van der Waals surface area contributed by atoms with Crippen molar-refractivity contribution >= 4 is 33.3 Å². The molecular weight excluding hydrogens is 306 g/mol. The van der Waals surface area contributed by atoms with Crippen LogP contribution in [0.3, 0.4) is 0 Å². The van der Waals surface area contributed by atoms with Gasteiger partial charge < -0.3 is 10.0 Å². The zero-order valence-electron chi connectivity index (χ0n) is 10.7. The van der Waals surface area contributed by atoms with Crippen LogP contribution in [0.2, 0.25) is 0 Å². The summed E-state index contributed by atoms with van der Waals surface area (Å²) in [7, 11) is 1.86. The smallest absolute Gasteiger partial charge is 0.337 e. The van der Waals surface area contributed by atoms with Crippen molar-refractivity contribution in [2.45, 2.75) is 6.92 Å². The molecule has 3 nitrogen and oxygen atoms in total. The summed E-state index contributed by atoms with van der Waals surface area (Å²) in [4.78, 5) is 13.1. The number of hydrogen-bond acceptors (Lipinski definition) is 2. The second-order valence-electron chi connectivity index (χ2n) is 4.36. The quantitative estimate of drug-likeness (QED) is 0.920. The molecule has 0 saturated carbocycles. The van der Waals surface area contributed by atoms with Gasteiger partial charge in [0.15, 0.2) is 0 Å². The van der Waals surface area contributed by atoms with Gasteiger partial charge in [-0.05, 0) is 37.3 Å². The van der Waals surface area contributed by atoms with E-state index >= 15 is 0 Å². The molecule has 0 bridgehead atoms. The summed E-state index contributed by atoms with van der Waals surface area (Å²) in [5.41, 5.74) is 3.06. The Morgan fingerprint density at radius 3 is 2.37 bits per heavy atom. The van der Waals surface area contributed by atoms with Gasteiger partial charge in [0.25, 0.3) is 0 Å². The lowest BCUT2D eigenvalue weighted by atomic mass is 10.1. The van der Waals surface area contributed by atoms with Crippen molar-refractivity contribution in [1.82, 2.24) is 0 Å². The summed E-state index contributed by atoms with van der Waals surface area (Å²) in [5.74, 6) is -0.929. The molecule has 2 aromatic rings. The average Bonchev–Trinajstić information content (AvgIpc) is 2.38. The predicted molar refractivity (Wildman–Crippen MR) is 80.3 cm³/mol. The fourth-order valence-electron chi connectivity index (χ4n) is 1.87. The summed E-state index contributed by atoms with van der Waals surface area (Å²) in [5, 5.41) is 9.25. The molecule has 2 aromatic carbocycles. The van der Waals surface area contributed by atoms with Crippen molar-refractivity contribution in [2.75, 3.05) is 11.9 Å². The number of aryl methyl sites for hydroxylation is 1. The number of hydrogen-bond donors (Lipinski definition) is 1. The molecule has 0 fully saturated rings. The van der Waals surface area contributed by atoms with Crippen molar-refractivity contribution < 1.29 is 9.90 Å². The second-order valence-corrected chi connectivity index (χ2v) is 5.28. The number of benzene rings is 2. The largest absolute Gasteiger partial charge is 0.478 e. The van der Waals surface area contributed by atoms with E-state index in [1.165, 1.54) is 5.56 Å². The monoisotopic (exact) mass is 319 g/mol. The van der Waals surface area contributed by atoms with E-state index in [2.05, 4.69) is 15.9 Å². The van der Waals surface area contributed by atoms with E-state index in [0.717, 1.165) is 10.2 Å². The van der Waals surface area contributed by atoms with Gasteiger partial charge in [-0.15, -0.1) is 0 Å². The van der Waals surface area contributed by atoms with E-state index in [0.29, 0.717) is 5.69 Å². The Bertz CT molecular complexity index is 608. The molecule has 19 heavy (non-hydrogen) atoms. The maximum atomic E-state index is 11.3. The molecule has 98 valence electrons. The Balaban J connectivity index is 2.48. The maximum absolute atomic E-state index is 11.3. The Morgan fingerprint density at radius 2 is 1.79 bits per heavy atom. The summed E-state index contributed by atoms with van der Waals surface area (Å²) in [6.07, 6.45) is 0. The lowest BCUT2D eigenvalue weighted by Crippen LogP contribution is -2.14. The molecule has 0 atom stereocenters. The summed E-state index contributed by atoms with van der Waals surface area (Å²) in [6, 6.07) is 13.1. The third-order valence-corrected chi connectivity index (χ3v) is 3.47. The number of aromatic carboxylic acids is 1. The number of carboxylic acid groups (broad SMARTS) is 1. The zero-order chi connectivity index (χ0) is 14.0. The van der Waals surface area contributed by atoms with Crippen LogP contribution in [0.5, 0.6) is 0 Å². The van der Waals surface area contributed by atoms with Gasteiger partial charge in [0.1, 0.15) is 0 Å². The Labute approximate surface area is 120 Å². The highest BCUT2D eigenvalue weighted by atomic mass is 79.9. The van der Waals surface area contributed by atoms with Crippen LogP contribution < -0.4 is 4.90 Å². The zero-order valence-corrected chi connectivity index (χ0v) is 12.3. The van der Waals surface area contributed by atoms with E-state index in [1.54, 1.807) is 12.1 Å². The van der Waals surface area contributed by atoms with Crippen LogP contribution in [-0.4, -0.2) is 18.1 Å². The van der Waals surface area contributed by atoms with Crippen LogP contribution in [0.25, 0.3) is 0 Å². The molecule has 0 aliphatic heterocycles. The molecule has 0 aliphatic rings. The lowest BCUT2D eigenvalue weighted by Gasteiger charge is -2.22. The summed E-state index contributed by atoms with van der Waals surface area (Å²) >= 11 is 3.38. The number of carbonyl (C=O) groups is 1. The maximum Gasteiger partial charge on any atom is 0.337 e. The standard InChI is InChI=1S/C15H14BrNO2/c1-10-3-6-12(7-4-10)17(2)14-9-11(16)5-8-13(14)15(18)19/h3-9H,1-2H3,(H,18,19).